The number of amides is 2. The van der Waals surface area contributed by atoms with Crippen LogP contribution >= 0.6 is 0 Å². The van der Waals surface area contributed by atoms with E-state index >= 15 is 0 Å². The molecule has 18 heavy (non-hydrogen) atoms. The highest BCUT2D eigenvalue weighted by atomic mass is 16.2. The predicted octanol–water partition coefficient (Wildman–Crippen LogP) is 1.54. The van der Waals surface area contributed by atoms with Crippen LogP contribution in [-0.2, 0) is 11.3 Å². The fourth-order valence-corrected chi connectivity index (χ4v) is 2.37. The van der Waals surface area contributed by atoms with Gasteiger partial charge >= 0.3 is 0 Å². The second-order valence-corrected chi connectivity index (χ2v) is 5.14. The highest BCUT2D eigenvalue weighted by molar-refractivity contribution is 6.00. The number of nitrogens with zero attached hydrogens (tertiary/aromatic N) is 1. The molecule has 2 rings (SSSR count). The highest BCUT2D eigenvalue weighted by Crippen LogP contribution is 2.26. The van der Waals surface area contributed by atoms with Gasteiger partial charge in [-0.2, -0.15) is 0 Å². The van der Waals surface area contributed by atoms with Crippen LogP contribution in [0.3, 0.4) is 0 Å². The van der Waals surface area contributed by atoms with Crippen LogP contribution in [0, 0.1) is 5.92 Å². The highest BCUT2D eigenvalue weighted by Gasteiger charge is 2.35. The lowest BCUT2D eigenvalue weighted by atomic mass is 10.0. The lowest BCUT2D eigenvalue weighted by molar-refractivity contribution is -0.123. The van der Waals surface area contributed by atoms with E-state index in [1.165, 1.54) is 0 Å². The second kappa shape index (κ2) is 4.80. The molecule has 96 valence electrons. The fraction of sp³-hybridized carbons (Fsp3) is 0.429. The minimum Gasteiger partial charge on any atom is -0.368 e. The first kappa shape index (κ1) is 12.6. The zero-order chi connectivity index (χ0) is 13.3. The molecule has 0 spiro atoms. The lowest BCUT2D eigenvalue weighted by Gasteiger charge is -2.26. The predicted molar refractivity (Wildman–Crippen MR) is 68.8 cm³/mol. The van der Waals surface area contributed by atoms with E-state index in [1.807, 2.05) is 32.0 Å². The Bertz CT molecular complexity index is 482. The van der Waals surface area contributed by atoms with Crippen LogP contribution in [0.25, 0.3) is 0 Å². The molecule has 2 N–H and O–H groups in total. The molecular formula is C14H18N2O2. The molecule has 0 fully saturated rings. The van der Waals surface area contributed by atoms with Crippen LogP contribution in [0.5, 0.6) is 0 Å². The Morgan fingerprint density at radius 1 is 1.39 bits per heavy atom. The van der Waals surface area contributed by atoms with E-state index in [2.05, 4.69) is 0 Å². The quantitative estimate of drug-likeness (QED) is 0.876. The summed E-state index contributed by atoms with van der Waals surface area (Å²) in [5, 5.41) is 0. The van der Waals surface area contributed by atoms with Crippen LogP contribution in [-0.4, -0.2) is 22.8 Å². The Balaban J connectivity index is 2.25. The fourth-order valence-electron chi connectivity index (χ4n) is 2.37. The van der Waals surface area contributed by atoms with Gasteiger partial charge in [-0.3, -0.25) is 9.59 Å². The maximum Gasteiger partial charge on any atom is 0.255 e. The first-order valence-corrected chi connectivity index (χ1v) is 6.19. The molecule has 0 aromatic heterocycles. The number of hydrogen-bond donors (Lipinski definition) is 1. The van der Waals surface area contributed by atoms with Crippen molar-refractivity contribution in [1.82, 2.24) is 4.90 Å². The van der Waals surface area contributed by atoms with Crippen molar-refractivity contribution in [3.05, 3.63) is 35.4 Å². The number of carbonyl (C=O) groups excluding carboxylic acids is 2. The molecule has 0 radical (unpaired) electrons. The second-order valence-electron chi connectivity index (χ2n) is 5.14. The van der Waals surface area contributed by atoms with E-state index in [4.69, 9.17) is 5.73 Å². The number of fused-ring (bicyclic) bond motifs is 1. The molecule has 1 aliphatic heterocycles. The Labute approximate surface area is 107 Å². The van der Waals surface area contributed by atoms with Crippen molar-refractivity contribution in [2.75, 3.05) is 0 Å². The Morgan fingerprint density at radius 3 is 2.61 bits per heavy atom. The number of benzene rings is 1. The average molecular weight is 246 g/mol. The van der Waals surface area contributed by atoms with Gasteiger partial charge in [-0.25, -0.2) is 0 Å². The first-order valence-electron chi connectivity index (χ1n) is 6.19. The summed E-state index contributed by atoms with van der Waals surface area (Å²) in [6.07, 6.45) is 0.606. The lowest BCUT2D eigenvalue weighted by Crippen LogP contribution is -2.45. The molecule has 1 atom stereocenters. The Kier molecular flexibility index (Phi) is 3.36. The summed E-state index contributed by atoms with van der Waals surface area (Å²) in [6.45, 7) is 4.52. The van der Waals surface area contributed by atoms with Crippen molar-refractivity contribution in [1.29, 1.82) is 0 Å². The molecule has 2 amide bonds. The van der Waals surface area contributed by atoms with E-state index in [0.29, 0.717) is 24.4 Å². The van der Waals surface area contributed by atoms with Gasteiger partial charge in [0.2, 0.25) is 5.91 Å². The zero-order valence-corrected chi connectivity index (χ0v) is 10.7. The number of rotatable bonds is 4. The van der Waals surface area contributed by atoms with Crippen molar-refractivity contribution in [2.24, 2.45) is 11.7 Å². The summed E-state index contributed by atoms with van der Waals surface area (Å²) in [5.41, 5.74) is 7.09. The summed E-state index contributed by atoms with van der Waals surface area (Å²) in [4.78, 5) is 25.4. The van der Waals surface area contributed by atoms with E-state index in [1.54, 1.807) is 11.0 Å². The van der Waals surface area contributed by atoms with Gasteiger partial charge in [-0.15, -0.1) is 0 Å². The van der Waals surface area contributed by atoms with Gasteiger partial charge in [-0.1, -0.05) is 32.0 Å². The smallest absolute Gasteiger partial charge is 0.255 e. The van der Waals surface area contributed by atoms with Crippen LogP contribution < -0.4 is 5.73 Å². The Morgan fingerprint density at radius 2 is 2.06 bits per heavy atom. The number of primary amides is 1. The Hall–Kier alpha value is -1.84. The van der Waals surface area contributed by atoms with E-state index in [-0.39, 0.29) is 5.91 Å². The number of nitrogens with two attached hydrogens (primary N) is 1. The molecule has 1 unspecified atom stereocenters. The molecule has 0 saturated carbocycles. The van der Waals surface area contributed by atoms with Crippen molar-refractivity contribution >= 4 is 11.8 Å². The third-order valence-corrected chi connectivity index (χ3v) is 3.25. The van der Waals surface area contributed by atoms with E-state index < -0.39 is 11.9 Å². The third kappa shape index (κ3) is 2.23. The van der Waals surface area contributed by atoms with Gasteiger partial charge in [0.15, 0.2) is 0 Å². The summed E-state index contributed by atoms with van der Waals surface area (Å²) in [5.74, 6) is -0.195. The minimum atomic E-state index is -0.509. The van der Waals surface area contributed by atoms with E-state index in [9.17, 15) is 9.59 Å². The van der Waals surface area contributed by atoms with Crippen molar-refractivity contribution in [3.63, 3.8) is 0 Å². The van der Waals surface area contributed by atoms with Crippen molar-refractivity contribution < 1.29 is 9.59 Å². The van der Waals surface area contributed by atoms with Crippen LogP contribution in [0.2, 0.25) is 0 Å². The maximum absolute atomic E-state index is 12.2. The first-order chi connectivity index (χ1) is 8.50. The van der Waals surface area contributed by atoms with Gasteiger partial charge in [0.25, 0.3) is 5.91 Å². The van der Waals surface area contributed by atoms with Gasteiger partial charge < -0.3 is 10.6 Å². The standard InChI is InChI=1S/C14H18N2O2/c1-9(2)7-12(13(15)17)16-8-10-5-3-4-6-11(10)14(16)18/h3-6,9,12H,7-8H2,1-2H3,(H2,15,17). The number of hydrogen-bond acceptors (Lipinski definition) is 2. The molecule has 1 aromatic rings. The molecular weight excluding hydrogens is 228 g/mol. The summed E-state index contributed by atoms with van der Waals surface area (Å²) < 4.78 is 0. The summed E-state index contributed by atoms with van der Waals surface area (Å²) in [7, 11) is 0. The topological polar surface area (TPSA) is 63.4 Å². The minimum absolute atomic E-state index is 0.0879. The molecule has 0 saturated heterocycles. The molecule has 4 nitrogen and oxygen atoms in total. The molecule has 1 heterocycles. The summed E-state index contributed by atoms with van der Waals surface area (Å²) in [6, 6.07) is 6.94. The normalized spacial score (nSPS) is 15.9. The average Bonchev–Trinajstić information content (AvgIpc) is 2.64. The largest absolute Gasteiger partial charge is 0.368 e. The van der Waals surface area contributed by atoms with Gasteiger partial charge in [0, 0.05) is 12.1 Å². The van der Waals surface area contributed by atoms with Gasteiger partial charge in [0.1, 0.15) is 6.04 Å². The van der Waals surface area contributed by atoms with E-state index in [0.717, 1.165) is 5.56 Å². The number of carbonyl (C=O) groups is 2. The van der Waals surface area contributed by atoms with Crippen LogP contribution in [0.4, 0.5) is 0 Å². The SMILES string of the molecule is CC(C)CC(C(N)=O)N1Cc2ccccc2C1=O. The van der Waals surface area contributed by atoms with Gasteiger partial charge in [0.05, 0.1) is 0 Å². The molecule has 1 aromatic carbocycles. The third-order valence-electron chi connectivity index (χ3n) is 3.25. The van der Waals surface area contributed by atoms with Crippen molar-refractivity contribution in [2.45, 2.75) is 32.9 Å². The molecule has 0 aliphatic carbocycles. The molecule has 0 bridgehead atoms. The van der Waals surface area contributed by atoms with Crippen LogP contribution in [0.1, 0.15) is 36.2 Å². The zero-order valence-electron chi connectivity index (χ0n) is 10.7. The summed E-state index contributed by atoms with van der Waals surface area (Å²) >= 11 is 0. The maximum atomic E-state index is 12.2. The monoisotopic (exact) mass is 246 g/mol. The molecule has 1 aliphatic rings. The molecule has 4 heteroatoms. The van der Waals surface area contributed by atoms with Gasteiger partial charge in [-0.05, 0) is 24.0 Å². The van der Waals surface area contributed by atoms with Crippen LogP contribution in [0.15, 0.2) is 24.3 Å². The van der Waals surface area contributed by atoms with Crippen molar-refractivity contribution in [3.8, 4) is 0 Å².